The topological polar surface area (TPSA) is 64.4 Å². The third-order valence-electron chi connectivity index (χ3n) is 1.74. The summed E-state index contributed by atoms with van der Waals surface area (Å²) in [5.41, 5.74) is 11.5. The Kier molecular flexibility index (Phi) is 3.38. The summed E-state index contributed by atoms with van der Waals surface area (Å²) in [6.45, 7) is 1.60. The van der Waals surface area contributed by atoms with Gasteiger partial charge in [-0.3, -0.25) is 4.99 Å². The van der Waals surface area contributed by atoms with Crippen LogP contribution >= 0.6 is 0 Å². The van der Waals surface area contributed by atoms with E-state index >= 15 is 0 Å². The van der Waals surface area contributed by atoms with E-state index in [9.17, 15) is 8.78 Å². The Balaban J connectivity index is 3.08. The molecule has 0 radical (unpaired) electrons. The molecule has 0 amide bonds. The molecule has 0 bridgehead atoms. The van der Waals surface area contributed by atoms with Gasteiger partial charge in [0.2, 0.25) is 0 Å². The Morgan fingerprint density at radius 1 is 1.27 bits per heavy atom. The van der Waals surface area contributed by atoms with Crippen LogP contribution in [0, 0.1) is 11.6 Å². The molecule has 5 heteroatoms. The van der Waals surface area contributed by atoms with Crippen molar-refractivity contribution in [1.82, 2.24) is 0 Å². The van der Waals surface area contributed by atoms with Crippen molar-refractivity contribution in [2.45, 2.75) is 6.92 Å². The molecule has 0 aliphatic heterocycles. The van der Waals surface area contributed by atoms with Gasteiger partial charge in [-0.25, -0.2) is 8.78 Å². The largest absolute Gasteiger partial charge is 0.403 e. The zero-order valence-electron chi connectivity index (χ0n) is 8.17. The smallest absolute Gasteiger partial charge is 0.128 e. The number of nitrogens with zero attached hydrogens (tertiary/aromatic N) is 1. The van der Waals surface area contributed by atoms with Gasteiger partial charge in [0.1, 0.15) is 11.6 Å². The van der Waals surface area contributed by atoms with Crippen LogP contribution in [-0.2, 0) is 0 Å². The molecule has 0 aliphatic rings. The fourth-order valence-electron chi connectivity index (χ4n) is 0.983. The molecule has 0 saturated carbocycles. The Hall–Kier alpha value is -1.91. The number of aliphatic imine (C=N–C) groups is 1. The number of allylic oxidation sites excluding steroid dienone is 1. The quantitative estimate of drug-likeness (QED) is 0.733. The van der Waals surface area contributed by atoms with Gasteiger partial charge in [-0.1, -0.05) is 0 Å². The lowest BCUT2D eigenvalue weighted by molar-refractivity contribution is 0.584. The highest BCUT2D eigenvalue weighted by Crippen LogP contribution is 2.16. The summed E-state index contributed by atoms with van der Waals surface area (Å²) >= 11 is 0. The van der Waals surface area contributed by atoms with E-state index in [2.05, 4.69) is 4.99 Å². The number of halogens is 2. The number of rotatable bonds is 2. The molecule has 1 aromatic rings. The van der Waals surface area contributed by atoms with Gasteiger partial charge < -0.3 is 11.5 Å². The minimum atomic E-state index is -0.683. The Morgan fingerprint density at radius 2 is 1.80 bits per heavy atom. The molecule has 15 heavy (non-hydrogen) atoms. The molecule has 80 valence electrons. The summed E-state index contributed by atoms with van der Waals surface area (Å²) in [7, 11) is 0. The zero-order valence-corrected chi connectivity index (χ0v) is 8.17. The first kappa shape index (κ1) is 11.2. The van der Waals surface area contributed by atoms with Crippen LogP contribution in [0.2, 0.25) is 0 Å². The molecule has 0 fully saturated rings. The Morgan fingerprint density at radius 3 is 2.27 bits per heavy atom. The van der Waals surface area contributed by atoms with Crippen LogP contribution in [0.5, 0.6) is 0 Å². The lowest BCUT2D eigenvalue weighted by atomic mass is 10.3. The van der Waals surface area contributed by atoms with Crippen LogP contribution in [-0.4, -0.2) is 5.71 Å². The van der Waals surface area contributed by atoms with Gasteiger partial charge in [-0.15, -0.1) is 0 Å². The van der Waals surface area contributed by atoms with Gasteiger partial charge in [-0.05, 0) is 19.1 Å². The second-order valence-electron chi connectivity index (χ2n) is 2.95. The fraction of sp³-hybridized carbons (Fsp3) is 0.100. The van der Waals surface area contributed by atoms with E-state index < -0.39 is 11.6 Å². The molecule has 0 aliphatic carbocycles. The van der Waals surface area contributed by atoms with Crippen LogP contribution in [0.15, 0.2) is 35.1 Å². The lowest BCUT2D eigenvalue weighted by Gasteiger charge is -2.00. The first-order valence-corrected chi connectivity index (χ1v) is 4.22. The van der Waals surface area contributed by atoms with E-state index in [1.54, 1.807) is 6.92 Å². The minimum Gasteiger partial charge on any atom is -0.403 e. The van der Waals surface area contributed by atoms with Crippen molar-refractivity contribution in [1.29, 1.82) is 0 Å². The number of benzene rings is 1. The number of hydrogen-bond acceptors (Lipinski definition) is 3. The maximum absolute atomic E-state index is 12.8. The van der Waals surface area contributed by atoms with Crippen molar-refractivity contribution in [3.8, 4) is 0 Å². The maximum Gasteiger partial charge on any atom is 0.128 e. The number of hydrogen-bond donors (Lipinski definition) is 2. The van der Waals surface area contributed by atoms with E-state index in [4.69, 9.17) is 11.5 Å². The average molecular weight is 211 g/mol. The Labute approximate surface area is 86.1 Å². The van der Waals surface area contributed by atoms with E-state index in [1.165, 1.54) is 6.20 Å². The van der Waals surface area contributed by atoms with E-state index in [-0.39, 0.29) is 11.4 Å². The molecule has 3 nitrogen and oxygen atoms in total. The van der Waals surface area contributed by atoms with Crippen LogP contribution in [0.1, 0.15) is 6.92 Å². The Bertz CT molecular complexity index is 404. The second-order valence-corrected chi connectivity index (χ2v) is 2.95. The maximum atomic E-state index is 12.8. The highest BCUT2D eigenvalue weighted by Gasteiger charge is 2.00. The third-order valence-corrected chi connectivity index (χ3v) is 1.74. The van der Waals surface area contributed by atoms with Crippen molar-refractivity contribution in [3.63, 3.8) is 0 Å². The summed E-state index contributed by atoms with van der Waals surface area (Å²) in [6, 6.07) is 2.99. The molecule has 1 aromatic carbocycles. The molecule has 0 spiro atoms. The first-order chi connectivity index (χ1) is 7.02. The molecule has 0 aromatic heterocycles. The molecular formula is C10H11F2N3. The minimum absolute atomic E-state index is 0.162. The van der Waals surface area contributed by atoms with Crippen molar-refractivity contribution < 1.29 is 8.78 Å². The van der Waals surface area contributed by atoms with Crippen LogP contribution < -0.4 is 11.5 Å². The molecule has 1 rings (SSSR count). The summed E-state index contributed by atoms with van der Waals surface area (Å²) in [4.78, 5) is 3.91. The standard InChI is InChI=1S/C10H11F2N3/c1-6(10(14)5-13)15-9-3-7(11)2-8(12)4-9/h2-5H,13-14H2,1H3. The van der Waals surface area contributed by atoms with E-state index in [0.717, 1.165) is 18.2 Å². The molecule has 0 heterocycles. The van der Waals surface area contributed by atoms with Gasteiger partial charge in [-0.2, -0.15) is 0 Å². The van der Waals surface area contributed by atoms with Gasteiger partial charge in [0.25, 0.3) is 0 Å². The molecule has 0 atom stereocenters. The lowest BCUT2D eigenvalue weighted by Crippen LogP contribution is -2.09. The highest BCUT2D eigenvalue weighted by molar-refractivity contribution is 5.98. The molecule has 0 saturated heterocycles. The first-order valence-electron chi connectivity index (χ1n) is 4.22. The predicted octanol–water partition coefficient (Wildman–Crippen LogP) is 1.82. The molecular weight excluding hydrogens is 200 g/mol. The fourth-order valence-corrected chi connectivity index (χ4v) is 0.983. The predicted molar refractivity (Wildman–Crippen MR) is 55.6 cm³/mol. The van der Waals surface area contributed by atoms with Crippen molar-refractivity contribution >= 4 is 11.4 Å². The summed E-state index contributed by atoms with van der Waals surface area (Å²) in [5.74, 6) is -1.37. The van der Waals surface area contributed by atoms with Gasteiger partial charge in [0.05, 0.1) is 17.1 Å². The van der Waals surface area contributed by atoms with Crippen LogP contribution in [0.3, 0.4) is 0 Å². The second kappa shape index (κ2) is 4.54. The van der Waals surface area contributed by atoms with Crippen molar-refractivity contribution in [3.05, 3.63) is 41.7 Å². The average Bonchev–Trinajstić information content (AvgIpc) is 2.14. The van der Waals surface area contributed by atoms with Gasteiger partial charge in [0, 0.05) is 12.3 Å². The molecule has 0 unspecified atom stereocenters. The normalized spacial score (nSPS) is 13.0. The van der Waals surface area contributed by atoms with E-state index in [1.807, 2.05) is 0 Å². The zero-order chi connectivity index (χ0) is 11.4. The van der Waals surface area contributed by atoms with Crippen molar-refractivity contribution in [2.75, 3.05) is 0 Å². The van der Waals surface area contributed by atoms with Crippen LogP contribution in [0.25, 0.3) is 0 Å². The van der Waals surface area contributed by atoms with Crippen LogP contribution in [0.4, 0.5) is 14.5 Å². The van der Waals surface area contributed by atoms with Gasteiger partial charge in [0.15, 0.2) is 0 Å². The summed E-state index contributed by atoms with van der Waals surface area (Å²) < 4.78 is 25.6. The van der Waals surface area contributed by atoms with E-state index in [0.29, 0.717) is 5.71 Å². The number of nitrogens with two attached hydrogens (primary N) is 2. The highest BCUT2D eigenvalue weighted by atomic mass is 19.1. The monoisotopic (exact) mass is 211 g/mol. The van der Waals surface area contributed by atoms with Crippen molar-refractivity contribution in [2.24, 2.45) is 16.5 Å². The molecule has 4 N–H and O–H groups in total. The van der Waals surface area contributed by atoms with Gasteiger partial charge >= 0.3 is 0 Å². The third kappa shape index (κ3) is 3.05. The SMILES string of the molecule is CC(=Nc1cc(F)cc(F)c1)C(N)=CN. The summed E-state index contributed by atoms with van der Waals surface area (Å²) in [6.07, 6.45) is 1.18. The summed E-state index contributed by atoms with van der Waals surface area (Å²) in [5, 5.41) is 0.